The van der Waals surface area contributed by atoms with E-state index in [2.05, 4.69) is 10.6 Å². The Balaban J connectivity index is 1.94. The molecule has 2 rings (SSSR count). The van der Waals surface area contributed by atoms with Crippen LogP contribution in [-0.2, 0) is 9.53 Å². The molecular weight excluding hydrogens is 325 g/mol. The maximum atomic E-state index is 11.9. The van der Waals surface area contributed by atoms with Gasteiger partial charge in [0.15, 0.2) is 0 Å². The summed E-state index contributed by atoms with van der Waals surface area (Å²) in [5, 5.41) is 15.5. The SMILES string of the molecule is N#C/C(=C/Nc1ccc(Cl)cc1Cl)C(=O)NCC1CCCO1. The summed E-state index contributed by atoms with van der Waals surface area (Å²) in [4.78, 5) is 11.9. The molecule has 0 radical (unpaired) electrons. The topological polar surface area (TPSA) is 74.2 Å². The van der Waals surface area contributed by atoms with E-state index in [9.17, 15) is 4.79 Å². The summed E-state index contributed by atoms with van der Waals surface area (Å²) in [6, 6.07) is 6.75. The molecule has 7 heteroatoms. The standard InChI is InChI=1S/C15H15Cl2N3O2/c16-11-3-4-14(13(17)6-11)19-8-10(7-18)15(21)20-9-12-2-1-5-22-12/h3-4,6,8,12,19H,1-2,5,9H2,(H,20,21)/b10-8-. The Morgan fingerprint density at radius 2 is 2.32 bits per heavy atom. The van der Waals surface area contributed by atoms with Gasteiger partial charge in [-0.05, 0) is 31.0 Å². The van der Waals surface area contributed by atoms with E-state index < -0.39 is 5.91 Å². The first-order chi connectivity index (χ1) is 10.6. The Morgan fingerprint density at radius 1 is 1.50 bits per heavy atom. The van der Waals surface area contributed by atoms with Crippen molar-refractivity contribution in [2.75, 3.05) is 18.5 Å². The van der Waals surface area contributed by atoms with Crippen molar-refractivity contribution in [2.45, 2.75) is 18.9 Å². The third kappa shape index (κ3) is 4.63. The molecule has 0 bridgehead atoms. The highest BCUT2D eigenvalue weighted by atomic mass is 35.5. The van der Waals surface area contributed by atoms with Gasteiger partial charge < -0.3 is 15.4 Å². The molecule has 1 aliphatic heterocycles. The molecule has 0 spiro atoms. The van der Waals surface area contributed by atoms with Crippen molar-refractivity contribution >= 4 is 34.8 Å². The predicted molar refractivity (Wildman–Crippen MR) is 85.8 cm³/mol. The molecule has 1 fully saturated rings. The molecule has 1 amide bonds. The predicted octanol–water partition coefficient (Wildman–Crippen LogP) is 3.11. The number of carbonyl (C=O) groups excluding carboxylic acids is 1. The average molecular weight is 340 g/mol. The highest BCUT2D eigenvalue weighted by molar-refractivity contribution is 6.36. The minimum absolute atomic E-state index is 0.0301. The molecule has 2 N–H and O–H groups in total. The number of ether oxygens (including phenoxy) is 1. The van der Waals surface area contributed by atoms with Crippen LogP contribution in [0.2, 0.25) is 10.0 Å². The lowest BCUT2D eigenvalue weighted by molar-refractivity contribution is -0.117. The summed E-state index contributed by atoms with van der Waals surface area (Å²) >= 11 is 11.8. The van der Waals surface area contributed by atoms with Gasteiger partial charge in [0.25, 0.3) is 5.91 Å². The van der Waals surface area contributed by atoms with E-state index in [1.807, 2.05) is 6.07 Å². The zero-order valence-electron chi connectivity index (χ0n) is 11.7. The number of benzene rings is 1. The molecule has 1 unspecified atom stereocenters. The number of amides is 1. The Bertz CT molecular complexity index is 620. The van der Waals surface area contributed by atoms with E-state index in [4.69, 9.17) is 33.2 Å². The second-order valence-corrected chi connectivity index (χ2v) is 5.63. The molecule has 1 aromatic rings. The largest absolute Gasteiger partial charge is 0.376 e. The van der Waals surface area contributed by atoms with E-state index in [1.54, 1.807) is 18.2 Å². The van der Waals surface area contributed by atoms with Crippen LogP contribution in [-0.4, -0.2) is 25.2 Å². The van der Waals surface area contributed by atoms with Gasteiger partial charge in [-0.2, -0.15) is 5.26 Å². The number of nitrogens with zero attached hydrogens (tertiary/aromatic N) is 1. The third-order valence-corrected chi connectivity index (χ3v) is 3.73. The minimum atomic E-state index is -0.449. The lowest BCUT2D eigenvalue weighted by Gasteiger charge is -2.10. The van der Waals surface area contributed by atoms with Crippen LogP contribution in [0.25, 0.3) is 0 Å². The fraction of sp³-hybridized carbons (Fsp3) is 0.333. The van der Waals surface area contributed by atoms with Crippen molar-refractivity contribution in [2.24, 2.45) is 0 Å². The zero-order chi connectivity index (χ0) is 15.9. The Labute approximate surface area is 138 Å². The van der Waals surface area contributed by atoms with Crippen LogP contribution in [0.1, 0.15) is 12.8 Å². The van der Waals surface area contributed by atoms with Gasteiger partial charge in [0, 0.05) is 24.4 Å². The molecule has 1 aromatic carbocycles. The maximum absolute atomic E-state index is 11.9. The van der Waals surface area contributed by atoms with Crippen molar-refractivity contribution in [3.8, 4) is 6.07 Å². The monoisotopic (exact) mass is 339 g/mol. The van der Waals surface area contributed by atoms with Crippen molar-refractivity contribution < 1.29 is 9.53 Å². The summed E-state index contributed by atoms with van der Waals surface area (Å²) in [6.07, 6.45) is 3.27. The number of hydrogen-bond donors (Lipinski definition) is 2. The van der Waals surface area contributed by atoms with Crippen molar-refractivity contribution in [1.29, 1.82) is 5.26 Å². The molecule has 1 aliphatic rings. The molecular formula is C15H15Cl2N3O2. The van der Waals surface area contributed by atoms with E-state index >= 15 is 0 Å². The summed E-state index contributed by atoms with van der Waals surface area (Å²) in [6.45, 7) is 1.12. The summed E-state index contributed by atoms with van der Waals surface area (Å²) < 4.78 is 5.41. The lowest BCUT2D eigenvalue weighted by atomic mass is 10.2. The molecule has 1 saturated heterocycles. The van der Waals surface area contributed by atoms with Gasteiger partial charge in [0.2, 0.25) is 0 Å². The zero-order valence-corrected chi connectivity index (χ0v) is 13.2. The molecule has 0 aliphatic carbocycles. The van der Waals surface area contributed by atoms with Gasteiger partial charge in [0.1, 0.15) is 11.6 Å². The molecule has 22 heavy (non-hydrogen) atoms. The highest BCUT2D eigenvalue weighted by Crippen LogP contribution is 2.25. The molecule has 5 nitrogen and oxygen atoms in total. The van der Waals surface area contributed by atoms with Crippen LogP contribution < -0.4 is 10.6 Å². The fourth-order valence-corrected chi connectivity index (χ4v) is 2.48. The number of nitriles is 1. The van der Waals surface area contributed by atoms with E-state index in [1.165, 1.54) is 6.20 Å². The van der Waals surface area contributed by atoms with Crippen molar-refractivity contribution in [3.63, 3.8) is 0 Å². The summed E-state index contributed by atoms with van der Waals surface area (Å²) in [7, 11) is 0. The van der Waals surface area contributed by atoms with Crippen LogP contribution in [0.4, 0.5) is 5.69 Å². The number of anilines is 1. The smallest absolute Gasteiger partial charge is 0.263 e. The third-order valence-electron chi connectivity index (χ3n) is 3.18. The fourth-order valence-electron chi connectivity index (χ4n) is 2.01. The van der Waals surface area contributed by atoms with E-state index in [0.717, 1.165) is 19.4 Å². The second-order valence-electron chi connectivity index (χ2n) is 4.78. The first-order valence-corrected chi connectivity index (χ1v) is 7.57. The van der Waals surface area contributed by atoms with Gasteiger partial charge in [-0.25, -0.2) is 0 Å². The van der Waals surface area contributed by atoms with Gasteiger partial charge in [-0.1, -0.05) is 23.2 Å². The quantitative estimate of drug-likeness (QED) is 0.638. The molecule has 1 atom stereocenters. The summed E-state index contributed by atoms with van der Waals surface area (Å²) in [5.74, 6) is -0.449. The van der Waals surface area contributed by atoms with Gasteiger partial charge in [0.05, 0.1) is 16.8 Å². The van der Waals surface area contributed by atoms with Gasteiger partial charge >= 0.3 is 0 Å². The van der Waals surface area contributed by atoms with Crippen LogP contribution in [0.15, 0.2) is 30.0 Å². The summed E-state index contributed by atoms with van der Waals surface area (Å²) in [5.41, 5.74) is 0.523. The normalized spacial score (nSPS) is 17.9. The molecule has 0 aromatic heterocycles. The van der Waals surface area contributed by atoms with E-state index in [0.29, 0.717) is 22.3 Å². The lowest BCUT2D eigenvalue weighted by Crippen LogP contribution is -2.32. The Morgan fingerprint density at radius 3 is 2.95 bits per heavy atom. The second kappa shape index (κ2) is 8.04. The highest BCUT2D eigenvalue weighted by Gasteiger charge is 2.17. The molecule has 1 heterocycles. The average Bonchev–Trinajstić information content (AvgIpc) is 3.01. The maximum Gasteiger partial charge on any atom is 0.263 e. The number of hydrogen-bond acceptors (Lipinski definition) is 4. The van der Waals surface area contributed by atoms with Crippen molar-refractivity contribution in [1.82, 2.24) is 5.32 Å². The number of halogens is 2. The van der Waals surface area contributed by atoms with Crippen molar-refractivity contribution in [3.05, 3.63) is 40.0 Å². The van der Waals surface area contributed by atoms with Crippen LogP contribution in [0.5, 0.6) is 0 Å². The molecule has 116 valence electrons. The van der Waals surface area contributed by atoms with Crippen LogP contribution in [0, 0.1) is 11.3 Å². The Hall–Kier alpha value is -1.74. The number of carbonyl (C=O) groups is 1. The first kappa shape index (κ1) is 16.6. The number of rotatable bonds is 5. The van der Waals surface area contributed by atoms with Gasteiger partial charge in [-0.3, -0.25) is 4.79 Å². The van der Waals surface area contributed by atoms with Crippen LogP contribution in [0.3, 0.4) is 0 Å². The number of nitrogens with one attached hydrogen (secondary N) is 2. The van der Waals surface area contributed by atoms with E-state index in [-0.39, 0.29) is 11.7 Å². The van der Waals surface area contributed by atoms with Crippen LogP contribution >= 0.6 is 23.2 Å². The minimum Gasteiger partial charge on any atom is -0.376 e. The van der Waals surface area contributed by atoms with Gasteiger partial charge in [-0.15, -0.1) is 0 Å². The Kier molecular flexibility index (Phi) is 6.08. The molecule has 0 saturated carbocycles. The first-order valence-electron chi connectivity index (χ1n) is 6.82.